The van der Waals surface area contributed by atoms with Gasteiger partial charge in [-0.2, -0.15) is 5.26 Å². The molecule has 0 aliphatic heterocycles. The van der Waals surface area contributed by atoms with Crippen molar-refractivity contribution in [3.05, 3.63) is 65.7 Å². The molecule has 7 nitrogen and oxygen atoms in total. The summed E-state index contributed by atoms with van der Waals surface area (Å²) in [5.41, 5.74) is 2.86. The molecule has 2 aromatic carbocycles. The molecule has 0 spiro atoms. The number of H-pyrrole nitrogens is 1. The SMILES string of the molecule is CCN(C(=O)c1nc2ccc(C#N)cc2[nH]1)[C@H]1CCC[C@@H](NCc2cc3ccccc3o2)C1. The highest BCUT2D eigenvalue weighted by molar-refractivity contribution is 5.94. The number of aromatic amines is 1. The number of amides is 1. The summed E-state index contributed by atoms with van der Waals surface area (Å²) < 4.78 is 5.94. The molecule has 2 heterocycles. The highest BCUT2D eigenvalue weighted by Crippen LogP contribution is 2.26. The molecule has 0 unspecified atom stereocenters. The molecule has 1 fully saturated rings. The predicted molar refractivity (Wildman–Crippen MR) is 127 cm³/mol. The largest absolute Gasteiger partial charge is 0.460 e. The number of aromatic nitrogens is 2. The van der Waals surface area contributed by atoms with Crippen molar-refractivity contribution in [2.24, 2.45) is 0 Å². The van der Waals surface area contributed by atoms with Gasteiger partial charge >= 0.3 is 0 Å². The van der Waals surface area contributed by atoms with E-state index in [-0.39, 0.29) is 11.9 Å². The molecule has 2 atom stereocenters. The molecule has 33 heavy (non-hydrogen) atoms. The van der Waals surface area contributed by atoms with Crippen molar-refractivity contribution in [3.63, 3.8) is 0 Å². The Bertz CT molecular complexity index is 1300. The van der Waals surface area contributed by atoms with Crippen molar-refractivity contribution in [2.75, 3.05) is 6.54 Å². The van der Waals surface area contributed by atoms with Crippen LogP contribution in [0, 0.1) is 11.3 Å². The summed E-state index contributed by atoms with van der Waals surface area (Å²) in [6, 6.07) is 18.0. The summed E-state index contributed by atoms with van der Waals surface area (Å²) in [7, 11) is 0. The topological polar surface area (TPSA) is 98.0 Å². The summed E-state index contributed by atoms with van der Waals surface area (Å²) in [5.74, 6) is 1.18. The maximum atomic E-state index is 13.3. The van der Waals surface area contributed by atoms with Gasteiger partial charge in [-0.3, -0.25) is 4.79 Å². The Morgan fingerprint density at radius 1 is 1.27 bits per heavy atom. The van der Waals surface area contributed by atoms with Crippen LogP contribution in [0.2, 0.25) is 0 Å². The number of rotatable bonds is 6. The number of nitrogens with zero attached hydrogens (tertiary/aromatic N) is 3. The number of fused-ring (bicyclic) bond motifs is 2. The van der Waals surface area contributed by atoms with Crippen LogP contribution in [0.15, 0.2) is 52.9 Å². The smallest absolute Gasteiger partial charge is 0.289 e. The zero-order valence-corrected chi connectivity index (χ0v) is 18.7. The van der Waals surface area contributed by atoms with Crippen molar-refractivity contribution in [1.82, 2.24) is 20.2 Å². The molecule has 7 heteroatoms. The number of carbonyl (C=O) groups excluding carboxylic acids is 1. The number of benzene rings is 2. The van der Waals surface area contributed by atoms with Crippen LogP contribution >= 0.6 is 0 Å². The average molecular weight is 442 g/mol. The molecule has 1 aliphatic rings. The molecule has 0 bridgehead atoms. The van der Waals surface area contributed by atoms with Crippen LogP contribution in [0.3, 0.4) is 0 Å². The van der Waals surface area contributed by atoms with E-state index in [2.05, 4.69) is 33.5 Å². The summed E-state index contributed by atoms with van der Waals surface area (Å²) in [5, 5.41) is 13.9. The van der Waals surface area contributed by atoms with Crippen molar-refractivity contribution in [2.45, 2.75) is 51.2 Å². The van der Waals surface area contributed by atoms with Crippen LogP contribution in [0.4, 0.5) is 0 Å². The first kappa shape index (κ1) is 21.2. The molecular weight excluding hydrogens is 414 g/mol. The minimum atomic E-state index is -0.0878. The number of carbonyl (C=O) groups is 1. The lowest BCUT2D eigenvalue weighted by molar-refractivity contribution is 0.0616. The van der Waals surface area contributed by atoms with Crippen LogP contribution in [0.25, 0.3) is 22.0 Å². The van der Waals surface area contributed by atoms with Crippen LogP contribution in [0.5, 0.6) is 0 Å². The number of nitriles is 1. The maximum Gasteiger partial charge on any atom is 0.289 e. The number of furan rings is 1. The van der Waals surface area contributed by atoms with Gasteiger partial charge in [0.05, 0.1) is 29.2 Å². The van der Waals surface area contributed by atoms with E-state index in [1.54, 1.807) is 18.2 Å². The Kier molecular flexibility index (Phi) is 5.84. The molecule has 1 amide bonds. The van der Waals surface area contributed by atoms with E-state index in [9.17, 15) is 4.79 Å². The van der Waals surface area contributed by atoms with Gasteiger partial charge < -0.3 is 19.6 Å². The number of hydrogen-bond donors (Lipinski definition) is 2. The second-order valence-electron chi connectivity index (χ2n) is 8.67. The van der Waals surface area contributed by atoms with Crippen LogP contribution < -0.4 is 5.32 Å². The van der Waals surface area contributed by atoms with Gasteiger partial charge in [-0.05, 0) is 62.9 Å². The Labute approximate surface area is 192 Å². The molecule has 168 valence electrons. The van der Waals surface area contributed by atoms with E-state index in [4.69, 9.17) is 9.68 Å². The Morgan fingerprint density at radius 3 is 2.97 bits per heavy atom. The fraction of sp³-hybridized carbons (Fsp3) is 0.346. The fourth-order valence-corrected chi connectivity index (χ4v) is 4.89. The van der Waals surface area contributed by atoms with Crippen LogP contribution in [0.1, 0.15) is 54.5 Å². The van der Waals surface area contributed by atoms with Crippen LogP contribution in [-0.2, 0) is 6.54 Å². The number of nitrogens with one attached hydrogen (secondary N) is 2. The Balaban J connectivity index is 1.26. The van der Waals surface area contributed by atoms with Gasteiger partial charge in [0.25, 0.3) is 5.91 Å². The monoisotopic (exact) mass is 441 g/mol. The highest BCUT2D eigenvalue weighted by Gasteiger charge is 2.30. The van der Waals surface area contributed by atoms with Gasteiger partial charge in [-0.1, -0.05) is 18.2 Å². The predicted octanol–water partition coefficient (Wildman–Crippen LogP) is 4.74. The van der Waals surface area contributed by atoms with Crippen LogP contribution in [-0.4, -0.2) is 39.4 Å². The molecule has 0 radical (unpaired) electrons. The summed E-state index contributed by atoms with van der Waals surface area (Å²) >= 11 is 0. The summed E-state index contributed by atoms with van der Waals surface area (Å²) in [6.07, 6.45) is 4.04. The van der Waals surface area contributed by atoms with Gasteiger partial charge in [0.15, 0.2) is 5.82 Å². The molecule has 2 aromatic heterocycles. The van der Waals surface area contributed by atoms with E-state index in [1.807, 2.05) is 30.0 Å². The van der Waals surface area contributed by atoms with Gasteiger partial charge in [0, 0.05) is 24.0 Å². The Morgan fingerprint density at radius 2 is 2.15 bits per heavy atom. The maximum absolute atomic E-state index is 13.3. The molecule has 4 aromatic rings. The third-order valence-electron chi connectivity index (χ3n) is 6.54. The average Bonchev–Trinajstić information content (AvgIpc) is 3.46. The summed E-state index contributed by atoms with van der Waals surface area (Å²) in [6.45, 7) is 3.32. The van der Waals surface area contributed by atoms with E-state index < -0.39 is 0 Å². The summed E-state index contributed by atoms with van der Waals surface area (Å²) in [4.78, 5) is 22.8. The van der Waals surface area contributed by atoms with Gasteiger partial charge in [0.2, 0.25) is 0 Å². The second kappa shape index (κ2) is 9.08. The standard InChI is InChI=1S/C26H27N5O2/c1-2-31(26(32)25-29-22-11-10-17(15-27)12-23(22)30-25)20-8-5-7-19(14-20)28-16-21-13-18-6-3-4-9-24(18)33-21/h3-4,6,9-13,19-20,28H,2,5,7-8,14,16H2,1H3,(H,29,30)/t19-,20+/m1/s1. The van der Waals surface area contributed by atoms with Gasteiger partial charge in [-0.25, -0.2) is 4.98 Å². The zero-order valence-electron chi connectivity index (χ0n) is 18.7. The first-order valence-corrected chi connectivity index (χ1v) is 11.6. The van der Waals surface area contributed by atoms with Crippen molar-refractivity contribution < 1.29 is 9.21 Å². The molecule has 0 saturated heterocycles. The quantitative estimate of drug-likeness (QED) is 0.450. The molecule has 1 saturated carbocycles. The van der Waals surface area contributed by atoms with E-state index in [0.29, 0.717) is 41.6 Å². The lowest BCUT2D eigenvalue weighted by Crippen LogP contribution is -2.47. The minimum absolute atomic E-state index is 0.0878. The van der Waals surface area contributed by atoms with Gasteiger partial charge in [-0.15, -0.1) is 0 Å². The lowest BCUT2D eigenvalue weighted by Gasteiger charge is -2.37. The van der Waals surface area contributed by atoms with Crippen molar-refractivity contribution >= 4 is 27.9 Å². The normalized spacial score (nSPS) is 18.4. The molecule has 2 N–H and O–H groups in total. The number of hydrogen-bond acceptors (Lipinski definition) is 5. The molecular formula is C26H27N5O2. The molecule has 5 rings (SSSR count). The first-order chi connectivity index (χ1) is 16.1. The third kappa shape index (κ3) is 4.35. The zero-order chi connectivity index (χ0) is 22.8. The number of para-hydroxylation sites is 1. The van der Waals surface area contributed by atoms with Gasteiger partial charge in [0.1, 0.15) is 11.3 Å². The second-order valence-corrected chi connectivity index (χ2v) is 8.67. The van der Waals surface area contributed by atoms with Crippen molar-refractivity contribution in [3.8, 4) is 6.07 Å². The van der Waals surface area contributed by atoms with Crippen molar-refractivity contribution in [1.29, 1.82) is 5.26 Å². The molecule has 1 aliphatic carbocycles. The fourth-order valence-electron chi connectivity index (χ4n) is 4.89. The highest BCUT2D eigenvalue weighted by atomic mass is 16.3. The van der Waals surface area contributed by atoms with E-state index in [1.165, 1.54) is 0 Å². The Hall–Kier alpha value is -3.63. The lowest BCUT2D eigenvalue weighted by atomic mass is 9.89. The first-order valence-electron chi connectivity index (χ1n) is 11.6. The van der Waals surface area contributed by atoms with E-state index in [0.717, 1.165) is 42.4 Å². The van der Waals surface area contributed by atoms with E-state index >= 15 is 0 Å². The minimum Gasteiger partial charge on any atom is -0.460 e. The third-order valence-corrected chi connectivity index (χ3v) is 6.54. The number of imidazole rings is 1.